The van der Waals surface area contributed by atoms with Crippen LogP contribution in [0, 0.1) is 5.82 Å². The van der Waals surface area contributed by atoms with Crippen molar-refractivity contribution in [3.05, 3.63) is 75.4 Å². The number of para-hydroxylation sites is 1. The number of hydrogen-bond acceptors (Lipinski definition) is 5. The Kier molecular flexibility index (Phi) is 4.99. The van der Waals surface area contributed by atoms with Crippen molar-refractivity contribution in [2.75, 3.05) is 11.9 Å². The largest absolute Gasteiger partial charge is 0.450 e. The van der Waals surface area contributed by atoms with Gasteiger partial charge in [-0.15, -0.1) is 0 Å². The molecule has 0 atom stereocenters. The Morgan fingerprint density at radius 3 is 2.69 bits per heavy atom. The molecule has 1 N–H and O–H groups in total. The predicted molar refractivity (Wildman–Crippen MR) is 92.8 cm³/mol. The molecule has 132 valence electrons. The zero-order valence-corrected chi connectivity index (χ0v) is 13.9. The molecular weight excluding hydrogens is 365 g/mol. The lowest BCUT2D eigenvalue weighted by molar-refractivity contribution is -0.119. The van der Waals surface area contributed by atoms with Gasteiger partial charge in [0.05, 0.1) is 11.1 Å². The minimum Gasteiger partial charge on any atom is -0.450 e. The topological polar surface area (TPSA) is 85.6 Å². The maximum Gasteiger partial charge on any atom is 0.374 e. The fourth-order valence-electron chi connectivity index (χ4n) is 2.18. The number of carbonyl (C=O) groups excluding carboxylic acids is 2. The highest BCUT2D eigenvalue weighted by molar-refractivity contribution is 6.30. The van der Waals surface area contributed by atoms with Crippen LogP contribution in [0.3, 0.4) is 0 Å². The van der Waals surface area contributed by atoms with Crippen molar-refractivity contribution in [3.63, 3.8) is 0 Å². The first-order valence-corrected chi connectivity index (χ1v) is 7.77. The van der Waals surface area contributed by atoms with Crippen LogP contribution in [0.15, 0.2) is 57.7 Å². The summed E-state index contributed by atoms with van der Waals surface area (Å²) in [6.07, 6.45) is 0. The van der Waals surface area contributed by atoms with Gasteiger partial charge in [-0.25, -0.2) is 9.18 Å². The highest BCUT2D eigenvalue weighted by Crippen LogP contribution is 2.18. The Labute approximate surface area is 151 Å². The van der Waals surface area contributed by atoms with Gasteiger partial charge < -0.3 is 14.5 Å². The Bertz CT molecular complexity index is 1060. The summed E-state index contributed by atoms with van der Waals surface area (Å²) in [5.74, 6) is -2.81. The number of nitrogens with one attached hydrogen (secondary N) is 1. The molecule has 26 heavy (non-hydrogen) atoms. The quantitative estimate of drug-likeness (QED) is 0.706. The zero-order chi connectivity index (χ0) is 18.7. The summed E-state index contributed by atoms with van der Waals surface area (Å²) in [6.45, 7) is -0.683. The predicted octanol–water partition coefficient (Wildman–Crippen LogP) is 3.38. The summed E-state index contributed by atoms with van der Waals surface area (Å²) in [6, 6.07) is 11.1. The van der Waals surface area contributed by atoms with Crippen molar-refractivity contribution in [3.8, 4) is 0 Å². The lowest BCUT2D eigenvalue weighted by Gasteiger charge is -2.07. The fraction of sp³-hybridized carbons (Fsp3) is 0.0556. The molecule has 8 heteroatoms. The van der Waals surface area contributed by atoms with Gasteiger partial charge in [0.2, 0.25) is 5.76 Å². The van der Waals surface area contributed by atoms with Crippen molar-refractivity contribution < 1.29 is 23.1 Å². The fourth-order valence-corrected chi connectivity index (χ4v) is 2.34. The Balaban J connectivity index is 1.67. The van der Waals surface area contributed by atoms with E-state index in [2.05, 4.69) is 5.32 Å². The van der Waals surface area contributed by atoms with Gasteiger partial charge in [0.1, 0.15) is 11.4 Å². The van der Waals surface area contributed by atoms with Crippen molar-refractivity contribution in [2.24, 2.45) is 0 Å². The molecule has 0 bridgehead atoms. The van der Waals surface area contributed by atoms with Gasteiger partial charge in [0.15, 0.2) is 12.0 Å². The second kappa shape index (κ2) is 7.37. The Morgan fingerprint density at radius 1 is 1.15 bits per heavy atom. The molecule has 1 amide bonds. The first-order chi connectivity index (χ1) is 12.4. The van der Waals surface area contributed by atoms with Gasteiger partial charge in [0, 0.05) is 11.1 Å². The van der Waals surface area contributed by atoms with Gasteiger partial charge in [-0.3, -0.25) is 9.59 Å². The lowest BCUT2D eigenvalue weighted by Crippen LogP contribution is -2.22. The van der Waals surface area contributed by atoms with Crippen molar-refractivity contribution in [1.82, 2.24) is 0 Å². The van der Waals surface area contributed by atoms with E-state index in [9.17, 15) is 18.8 Å². The van der Waals surface area contributed by atoms with Gasteiger partial charge in [-0.2, -0.15) is 0 Å². The third-order valence-corrected chi connectivity index (χ3v) is 3.61. The molecular formula is C18H11ClFNO5. The number of carbonyl (C=O) groups is 2. The maximum atomic E-state index is 13.6. The highest BCUT2D eigenvalue weighted by Gasteiger charge is 2.16. The monoisotopic (exact) mass is 375 g/mol. The summed E-state index contributed by atoms with van der Waals surface area (Å²) >= 11 is 5.62. The molecule has 0 aliphatic heterocycles. The third kappa shape index (κ3) is 3.89. The first kappa shape index (κ1) is 17.6. The third-order valence-electron chi connectivity index (χ3n) is 3.38. The molecule has 0 fully saturated rings. The first-order valence-electron chi connectivity index (χ1n) is 7.39. The number of hydrogen-bond donors (Lipinski definition) is 1. The number of halogens is 2. The van der Waals surface area contributed by atoms with Crippen molar-refractivity contribution >= 4 is 40.1 Å². The highest BCUT2D eigenvalue weighted by atomic mass is 35.5. The molecule has 2 aromatic carbocycles. The molecule has 1 aromatic heterocycles. The van der Waals surface area contributed by atoms with Crippen LogP contribution in [0.4, 0.5) is 10.1 Å². The maximum absolute atomic E-state index is 13.6. The smallest absolute Gasteiger partial charge is 0.374 e. The van der Waals surface area contributed by atoms with E-state index in [1.807, 2.05) is 0 Å². The van der Waals surface area contributed by atoms with Crippen LogP contribution in [0.5, 0.6) is 0 Å². The second-order valence-corrected chi connectivity index (χ2v) is 5.66. The molecule has 3 rings (SSSR count). The minimum absolute atomic E-state index is 0.104. The average molecular weight is 376 g/mol. The van der Waals surface area contributed by atoms with Crippen LogP contribution in [-0.4, -0.2) is 18.5 Å². The van der Waals surface area contributed by atoms with Crippen LogP contribution >= 0.6 is 11.6 Å². The second-order valence-electron chi connectivity index (χ2n) is 5.22. The SMILES string of the molecule is O=C(COC(=O)c1cc(=O)c2ccccc2o1)Nc1ccc(Cl)cc1F. The number of anilines is 1. The molecule has 0 radical (unpaired) electrons. The Hall–Kier alpha value is -3.19. The van der Waals surface area contributed by atoms with Crippen LogP contribution < -0.4 is 10.7 Å². The summed E-state index contributed by atoms with van der Waals surface area (Å²) in [5, 5.41) is 2.74. The van der Waals surface area contributed by atoms with E-state index < -0.39 is 29.7 Å². The van der Waals surface area contributed by atoms with E-state index >= 15 is 0 Å². The number of fused-ring (bicyclic) bond motifs is 1. The standard InChI is InChI=1S/C18H11ClFNO5/c19-10-5-6-13(12(20)7-10)21-17(23)9-25-18(24)16-8-14(22)11-3-1-2-4-15(11)26-16/h1-8H,9H2,(H,21,23). The van der Waals surface area contributed by atoms with Crippen molar-refractivity contribution in [2.45, 2.75) is 0 Å². The number of ether oxygens (including phenoxy) is 1. The van der Waals surface area contributed by atoms with E-state index in [0.717, 1.165) is 12.1 Å². The molecule has 0 aliphatic carbocycles. The molecule has 0 unspecified atom stereocenters. The Morgan fingerprint density at radius 2 is 1.92 bits per heavy atom. The molecule has 1 heterocycles. The lowest BCUT2D eigenvalue weighted by atomic mass is 10.2. The molecule has 0 saturated carbocycles. The molecule has 0 aliphatic rings. The van der Waals surface area contributed by atoms with Crippen LogP contribution in [0.2, 0.25) is 5.02 Å². The molecule has 3 aromatic rings. The van der Waals surface area contributed by atoms with E-state index in [4.69, 9.17) is 20.8 Å². The number of esters is 1. The van der Waals surface area contributed by atoms with E-state index in [1.54, 1.807) is 18.2 Å². The normalized spacial score (nSPS) is 10.5. The average Bonchev–Trinajstić information content (AvgIpc) is 2.62. The van der Waals surface area contributed by atoms with Crippen molar-refractivity contribution in [1.29, 1.82) is 0 Å². The van der Waals surface area contributed by atoms with Gasteiger partial charge in [-0.1, -0.05) is 23.7 Å². The minimum atomic E-state index is -0.986. The summed E-state index contributed by atoms with van der Waals surface area (Å²) in [7, 11) is 0. The number of benzene rings is 2. The van der Waals surface area contributed by atoms with Crippen LogP contribution in [0.1, 0.15) is 10.6 Å². The van der Waals surface area contributed by atoms with Gasteiger partial charge in [0.25, 0.3) is 5.91 Å². The summed E-state index contributed by atoms with van der Waals surface area (Å²) in [4.78, 5) is 35.7. The van der Waals surface area contributed by atoms with Crippen LogP contribution in [-0.2, 0) is 9.53 Å². The van der Waals surface area contributed by atoms with E-state index in [0.29, 0.717) is 5.39 Å². The number of amides is 1. The molecule has 0 saturated heterocycles. The number of rotatable bonds is 4. The molecule has 6 nitrogen and oxygen atoms in total. The van der Waals surface area contributed by atoms with E-state index in [-0.39, 0.29) is 22.1 Å². The summed E-state index contributed by atoms with van der Waals surface area (Å²) in [5.41, 5.74) is -0.293. The van der Waals surface area contributed by atoms with Gasteiger partial charge in [-0.05, 0) is 30.3 Å². The van der Waals surface area contributed by atoms with E-state index in [1.165, 1.54) is 18.2 Å². The summed E-state index contributed by atoms with van der Waals surface area (Å²) < 4.78 is 23.7. The van der Waals surface area contributed by atoms with Gasteiger partial charge >= 0.3 is 5.97 Å². The van der Waals surface area contributed by atoms with Crippen LogP contribution in [0.25, 0.3) is 11.0 Å². The zero-order valence-electron chi connectivity index (χ0n) is 13.1. The molecule has 0 spiro atoms.